The number of rotatable bonds is 6. The Morgan fingerprint density at radius 3 is 2.54 bits per heavy atom. The lowest BCUT2D eigenvalue weighted by Crippen LogP contribution is -2.32. The van der Waals surface area contributed by atoms with Crippen molar-refractivity contribution < 1.29 is 22.7 Å². The Morgan fingerprint density at radius 1 is 1.29 bits per heavy atom. The number of aromatic nitrogens is 4. The predicted molar refractivity (Wildman–Crippen MR) is 76.7 cm³/mol. The standard InChI is InChI=1S/C13H15F3N6O2/c1-21(2)8-7-17-12(23)11-18-20-22(19-11)9-3-5-10(6-4-9)24-13(14,15)16/h3-6H,7-8H2,1-2H3,(H,17,23). The van der Waals surface area contributed by atoms with E-state index >= 15 is 0 Å². The highest BCUT2D eigenvalue weighted by molar-refractivity contribution is 5.90. The van der Waals surface area contributed by atoms with E-state index in [1.807, 2.05) is 19.0 Å². The molecule has 24 heavy (non-hydrogen) atoms. The summed E-state index contributed by atoms with van der Waals surface area (Å²) >= 11 is 0. The first-order valence-electron chi connectivity index (χ1n) is 6.84. The van der Waals surface area contributed by atoms with Gasteiger partial charge in [0, 0.05) is 13.1 Å². The monoisotopic (exact) mass is 344 g/mol. The maximum atomic E-state index is 12.1. The van der Waals surface area contributed by atoms with E-state index < -0.39 is 12.3 Å². The lowest BCUT2D eigenvalue weighted by Gasteiger charge is -2.09. The number of carbonyl (C=O) groups is 1. The Hall–Kier alpha value is -2.69. The molecule has 0 atom stereocenters. The van der Waals surface area contributed by atoms with Crippen LogP contribution in [0.15, 0.2) is 24.3 Å². The van der Waals surface area contributed by atoms with Crippen LogP contribution in [-0.4, -0.2) is 64.6 Å². The van der Waals surface area contributed by atoms with Crippen LogP contribution in [0.2, 0.25) is 0 Å². The molecule has 0 spiro atoms. The second-order valence-corrected chi connectivity index (χ2v) is 5.00. The molecule has 1 heterocycles. The summed E-state index contributed by atoms with van der Waals surface area (Å²) in [6, 6.07) is 4.86. The number of carbonyl (C=O) groups excluding carboxylic acids is 1. The van der Waals surface area contributed by atoms with E-state index in [0.29, 0.717) is 18.8 Å². The van der Waals surface area contributed by atoms with Gasteiger partial charge in [0.05, 0.1) is 5.69 Å². The van der Waals surface area contributed by atoms with Crippen LogP contribution in [-0.2, 0) is 0 Å². The summed E-state index contributed by atoms with van der Waals surface area (Å²) in [6.07, 6.45) is -4.76. The summed E-state index contributed by atoms with van der Waals surface area (Å²) in [6.45, 7) is 1.07. The Balaban J connectivity index is 2.01. The molecule has 2 rings (SSSR count). The lowest BCUT2D eigenvalue weighted by atomic mass is 10.3. The number of likely N-dealkylation sites (N-methyl/N-ethyl adjacent to an activating group) is 1. The van der Waals surface area contributed by atoms with Gasteiger partial charge in [-0.25, -0.2) is 0 Å². The fourth-order valence-corrected chi connectivity index (χ4v) is 1.67. The van der Waals surface area contributed by atoms with Gasteiger partial charge in [0.1, 0.15) is 5.75 Å². The van der Waals surface area contributed by atoms with Crippen molar-refractivity contribution >= 4 is 5.91 Å². The number of nitrogens with one attached hydrogen (secondary N) is 1. The van der Waals surface area contributed by atoms with Crippen LogP contribution in [0.4, 0.5) is 13.2 Å². The zero-order chi connectivity index (χ0) is 17.7. The van der Waals surface area contributed by atoms with Crippen molar-refractivity contribution in [1.29, 1.82) is 0 Å². The van der Waals surface area contributed by atoms with Gasteiger partial charge < -0.3 is 15.0 Å². The first-order valence-corrected chi connectivity index (χ1v) is 6.84. The van der Waals surface area contributed by atoms with Gasteiger partial charge in [-0.05, 0) is 43.6 Å². The van der Waals surface area contributed by atoms with Crippen LogP contribution >= 0.6 is 0 Å². The van der Waals surface area contributed by atoms with Gasteiger partial charge in [0.2, 0.25) is 0 Å². The van der Waals surface area contributed by atoms with Crippen LogP contribution in [0.3, 0.4) is 0 Å². The van der Waals surface area contributed by atoms with E-state index in [1.54, 1.807) is 0 Å². The molecular weight excluding hydrogens is 329 g/mol. The predicted octanol–water partition coefficient (Wildman–Crippen LogP) is 0.852. The molecule has 0 fully saturated rings. The quantitative estimate of drug-likeness (QED) is 0.836. The van der Waals surface area contributed by atoms with Crippen LogP contribution in [0, 0.1) is 0 Å². The fraction of sp³-hybridized carbons (Fsp3) is 0.385. The highest BCUT2D eigenvalue weighted by Gasteiger charge is 2.31. The van der Waals surface area contributed by atoms with Gasteiger partial charge in [-0.1, -0.05) is 0 Å². The van der Waals surface area contributed by atoms with Crippen LogP contribution < -0.4 is 10.1 Å². The Labute approximate surface area is 135 Å². The average Bonchev–Trinajstić information content (AvgIpc) is 2.95. The summed E-state index contributed by atoms with van der Waals surface area (Å²) in [5.41, 5.74) is 0.337. The molecule has 2 aromatic rings. The van der Waals surface area contributed by atoms with Gasteiger partial charge in [-0.2, -0.15) is 0 Å². The first-order chi connectivity index (χ1) is 11.2. The van der Waals surface area contributed by atoms with E-state index in [4.69, 9.17) is 0 Å². The summed E-state index contributed by atoms with van der Waals surface area (Å²) in [5.74, 6) is -0.988. The minimum Gasteiger partial charge on any atom is -0.406 e. The molecular formula is C13H15F3N6O2. The highest BCUT2D eigenvalue weighted by atomic mass is 19.4. The Kier molecular flexibility index (Phi) is 5.34. The highest BCUT2D eigenvalue weighted by Crippen LogP contribution is 2.23. The molecule has 0 aliphatic heterocycles. The molecule has 0 radical (unpaired) electrons. The second kappa shape index (κ2) is 7.25. The SMILES string of the molecule is CN(C)CCNC(=O)c1nnn(-c2ccc(OC(F)(F)F)cc2)n1. The van der Waals surface area contributed by atoms with Crippen molar-refractivity contribution in [1.82, 2.24) is 30.4 Å². The van der Waals surface area contributed by atoms with Crippen molar-refractivity contribution in [2.45, 2.75) is 6.36 Å². The Morgan fingerprint density at radius 2 is 1.96 bits per heavy atom. The molecule has 1 amide bonds. The number of halogens is 3. The van der Waals surface area contributed by atoms with Crippen LogP contribution in [0.25, 0.3) is 5.69 Å². The van der Waals surface area contributed by atoms with Crippen molar-refractivity contribution in [3.63, 3.8) is 0 Å². The minimum absolute atomic E-state index is 0.135. The summed E-state index contributed by atoms with van der Waals surface area (Å²) < 4.78 is 40.1. The van der Waals surface area contributed by atoms with Crippen LogP contribution in [0.5, 0.6) is 5.75 Å². The zero-order valence-corrected chi connectivity index (χ0v) is 12.9. The van der Waals surface area contributed by atoms with Gasteiger partial charge in [0.25, 0.3) is 11.7 Å². The Bertz CT molecular complexity index is 684. The molecule has 0 aliphatic rings. The number of ether oxygens (including phenoxy) is 1. The number of hydrogen-bond acceptors (Lipinski definition) is 6. The molecule has 1 aromatic carbocycles. The number of tetrazole rings is 1. The molecule has 130 valence electrons. The topological polar surface area (TPSA) is 85.2 Å². The number of benzene rings is 1. The van der Waals surface area contributed by atoms with Crippen molar-refractivity contribution in [3.05, 3.63) is 30.1 Å². The van der Waals surface area contributed by atoms with Crippen molar-refractivity contribution in [2.24, 2.45) is 0 Å². The third kappa shape index (κ3) is 5.19. The second-order valence-electron chi connectivity index (χ2n) is 5.00. The van der Waals surface area contributed by atoms with Gasteiger partial charge >= 0.3 is 6.36 Å². The number of nitrogens with zero attached hydrogens (tertiary/aromatic N) is 5. The molecule has 0 bridgehead atoms. The van der Waals surface area contributed by atoms with Crippen molar-refractivity contribution in [2.75, 3.05) is 27.2 Å². The summed E-state index contributed by atoms with van der Waals surface area (Å²) in [5, 5.41) is 13.8. The van der Waals surface area contributed by atoms with E-state index in [-0.39, 0.29) is 11.6 Å². The minimum atomic E-state index is -4.76. The molecule has 11 heteroatoms. The van der Waals surface area contributed by atoms with Gasteiger partial charge in [-0.15, -0.1) is 28.2 Å². The molecule has 0 saturated heterocycles. The molecule has 8 nitrogen and oxygen atoms in total. The molecule has 1 N–H and O–H groups in total. The maximum Gasteiger partial charge on any atom is 0.573 e. The summed E-state index contributed by atoms with van der Waals surface area (Å²) in [7, 11) is 3.74. The third-order valence-corrected chi connectivity index (χ3v) is 2.76. The van der Waals surface area contributed by atoms with E-state index in [2.05, 4.69) is 25.5 Å². The van der Waals surface area contributed by atoms with E-state index in [9.17, 15) is 18.0 Å². The number of amides is 1. The molecule has 0 aliphatic carbocycles. The maximum absolute atomic E-state index is 12.1. The first kappa shape index (κ1) is 17.7. The lowest BCUT2D eigenvalue weighted by molar-refractivity contribution is -0.274. The van der Waals surface area contributed by atoms with E-state index in [1.165, 1.54) is 12.1 Å². The fourth-order valence-electron chi connectivity index (χ4n) is 1.67. The van der Waals surface area contributed by atoms with Crippen molar-refractivity contribution in [3.8, 4) is 11.4 Å². The summed E-state index contributed by atoms with van der Waals surface area (Å²) in [4.78, 5) is 14.8. The number of hydrogen-bond donors (Lipinski definition) is 1. The van der Waals surface area contributed by atoms with Gasteiger partial charge in [0.15, 0.2) is 0 Å². The smallest absolute Gasteiger partial charge is 0.406 e. The molecule has 0 saturated carbocycles. The molecule has 0 unspecified atom stereocenters. The van der Waals surface area contributed by atoms with Crippen LogP contribution in [0.1, 0.15) is 10.6 Å². The average molecular weight is 344 g/mol. The van der Waals surface area contributed by atoms with Gasteiger partial charge in [-0.3, -0.25) is 4.79 Å². The number of alkyl halides is 3. The zero-order valence-electron chi connectivity index (χ0n) is 12.9. The largest absolute Gasteiger partial charge is 0.573 e. The third-order valence-electron chi connectivity index (χ3n) is 2.76. The normalized spacial score (nSPS) is 11.6. The van der Waals surface area contributed by atoms with E-state index in [0.717, 1.165) is 16.9 Å². The molecule has 1 aromatic heterocycles.